The van der Waals surface area contributed by atoms with E-state index in [1.54, 1.807) is 6.08 Å². The van der Waals surface area contributed by atoms with Crippen molar-refractivity contribution in [2.24, 2.45) is 11.1 Å². The second-order valence-corrected chi connectivity index (χ2v) is 6.72. The molecule has 0 spiro atoms. The number of hydrogen-bond donors (Lipinski definition) is 1. The first-order valence-electron chi connectivity index (χ1n) is 7.06. The molecule has 0 aliphatic heterocycles. The van der Waals surface area contributed by atoms with Crippen molar-refractivity contribution in [2.75, 3.05) is 0 Å². The van der Waals surface area contributed by atoms with Crippen molar-refractivity contribution in [2.45, 2.75) is 39.2 Å². The molecule has 0 aromatic heterocycles. The average Bonchev–Trinajstić information content (AvgIpc) is 2.42. The lowest BCUT2D eigenvalue weighted by Crippen LogP contribution is -2.43. The average molecular weight is 286 g/mol. The van der Waals surface area contributed by atoms with Crippen LogP contribution in [-0.4, -0.2) is 11.0 Å². The highest BCUT2D eigenvalue weighted by Gasteiger charge is 2.40. The summed E-state index contributed by atoms with van der Waals surface area (Å²) < 4.78 is 0. The molecule has 4 heteroatoms. The fourth-order valence-electron chi connectivity index (χ4n) is 2.71. The molecular weight excluding hydrogens is 264 g/mol. The minimum atomic E-state index is -0.595. The molecule has 1 aliphatic carbocycles. The van der Waals surface area contributed by atoms with Crippen molar-refractivity contribution in [3.05, 3.63) is 69.4 Å². The highest BCUT2D eigenvalue weighted by molar-refractivity contribution is 5.45. The highest BCUT2D eigenvalue weighted by atomic mass is 16.6. The molecule has 1 atom stereocenters. The molecule has 1 aromatic carbocycles. The molecular formula is C17H22N2O2. The van der Waals surface area contributed by atoms with Crippen molar-refractivity contribution in [3.63, 3.8) is 0 Å². The zero-order chi connectivity index (χ0) is 15.8. The van der Waals surface area contributed by atoms with Crippen molar-refractivity contribution < 1.29 is 4.92 Å². The Labute approximate surface area is 125 Å². The van der Waals surface area contributed by atoms with Gasteiger partial charge in [0.2, 0.25) is 0 Å². The third-order valence-corrected chi connectivity index (χ3v) is 4.38. The quantitative estimate of drug-likeness (QED) is 0.683. The summed E-state index contributed by atoms with van der Waals surface area (Å²) in [6.45, 7) is 8.04. The number of allylic oxidation sites excluding steroid dienone is 2. The van der Waals surface area contributed by atoms with Crippen LogP contribution >= 0.6 is 0 Å². The number of benzene rings is 1. The van der Waals surface area contributed by atoms with Crippen molar-refractivity contribution in [1.82, 2.24) is 0 Å². The fraction of sp³-hybridized carbons (Fsp3) is 0.412. The van der Waals surface area contributed by atoms with E-state index < -0.39 is 11.5 Å². The lowest BCUT2D eigenvalue weighted by atomic mass is 9.69. The predicted octanol–water partition coefficient (Wildman–Crippen LogP) is 3.42. The van der Waals surface area contributed by atoms with E-state index in [-0.39, 0.29) is 16.0 Å². The first kappa shape index (κ1) is 15.4. The van der Waals surface area contributed by atoms with E-state index in [4.69, 9.17) is 5.73 Å². The Kier molecular flexibility index (Phi) is 3.76. The van der Waals surface area contributed by atoms with Crippen LogP contribution in [0.15, 0.2) is 53.8 Å². The topological polar surface area (TPSA) is 69.2 Å². The first-order chi connectivity index (χ1) is 9.66. The molecule has 1 aliphatic rings. The van der Waals surface area contributed by atoms with Crippen LogP contribution in [0.25, 0.3) is 0 Å². The Morgan fingerprint density at radius 3 is 2.33 bits per heavy atom. The van der Waals surface area contributed by atoms with Gasteiger partial charge in [-0.25, -0.2) is 0 Å². The predicted molar refractivity (Wildman–Crippen MR) is 84.4 cm³/mol. The van der Waals surface area contributed by atoms with Gasteiger partial charge >= 0.3 is 0 Å². The van der Waals surface area contributed by atoms with Crippen LogP contribution in [0.2, 0.25) is 0 Å². The molecule has 2 N–H and O–H groups in total. The van der Waals surface area contributed by atoms with Gasteiger partial charge in [-0.15, -0.1) is 0 Å². The molecule has 4 nitrogen and oxygen atoms in total. The van der Waals surface area contributed by atoms with Crippen molar-refractivity contribution in [1.29, 1.82) is 0 Å². The third kappa shape index (κ3) is 2.76. The van der Waals surface area contributed by atoms with Crippen LogP contribution < -0.4 is 5.73 Å². The van der Waals surface area contributed by atoms with E-state index in [1.165, 1.54) is 0 Å². The fourth-order valence-corrected chi connectivity index (χ4v) is 2.71. The van der Waals surface area contributed by atoms with Gasteiger partial charge in [-0.05, 0) is 11.1 Å². The van der Waals surface area contributed by atoms with Gasteiger partial charge in [0.05, 0.1) is 4.92 Å². The molecule has 0 saturated carbocycles. The number of nitrogens with two attached hydrogens (primary N) is 1. The highest BCUT2D eigenvalue weighted by Crippen LogP contribution is 2.41. The Bertz CT molecular complexity index is 613. The summed E-state index contributed by atoms with van der Waals surface area (Å²) >= 11 is 0. The van der Waals surface area contributed by atoms with E-state index in [2.05, 4.69) is 19.9 Å². The van der Waals surface area contributed by atoms with Crippen LogP contribution in [-0.2, 0) is 5.41 Å². The standard InChI is InChI=1S/C17H22N2O2/c1-16(2)11-13(10-14(15(16)18)19(20)21)17(3,4)12-8-6-5-7-9-12/h5-11,15H,18H2,1-4H3. The molecule has 1 aromatic rings. The van der Waals surface area contributed by atoms with Gasteiger partial charge in [0.1, 0.15) is 6.04 Å². The Morgan fingerprint density at radius 1 is 1.24 bits per heavy atom. The van der Waals surface area contributed by atoms with E-state index in [1.807, 2.05) is 44.2 Å². The monoisotopic (exact) mass is 286 g/mol. The van der Waals surface area contributed by atoms with Crippen LogP contribution in [0.5, 0.6) is 0 Å². The van der Waals surface area contributed by atoms with E-state index >= 15 is 0 Å². The smallest absolute Gasteiger partial charge is 0.263 e. The van der Waals surface area contributed by atoms with E-state index in [0.29, 0.717) is 0 Å². The molecule has 21 heavy (non-hydrogen) atoms. The molecule has 0 bridgehead atoms. The normalized spacial score (nSPS) is 21.5. The molecule has 0 fully saturated rings. The van der Waals surface area contributed by atoms with E-state index in [0.717, 1.165) is 11.1 Å². The lowest BCUT2D eigenvalue weighted by molar-refractivity contribution is -0.431. The lowest BCUT2D eigenvalue weighted by Gasteiger charge is -2.36. The summed E-state index contributed by atoms with van der Waals surface area (Å²) in [6.07, 6.45) is 3.71. The van der Waals surface area contributed by atoms with Crippen LogP contribution in [0.3, 0.4) is 0 Å². The van der Waals surface area contributed by atoms with Gasteiger partial charge in [0, 0.05) is 16.9 Å². The van der Waals surface area contributed by atoms with Crippen LogP contribution in [0.1, 0.15) is 33.3 Å². The van der Waals surface area contributed by atoms with Gasteiger partial charge in [0.15, 0.2) is 0 Å². The van der Waals surface area contributed by atoms with Crippen molar-refractivity contribution >= 4 is 0 Å². The van der Waals surface area contributed by atoms with Crippen molar-refractivity contribution in [3.8, 4) is 0 Å². The molecule has 2 rings (SSSR count). The van der Waals surface area contributed by atoms with Gasteiger partial charge < -0.3 is 5.73 Å². The Balaban J connectivity index is 2.54. The van der Waals surface area contributed by atoms with E-state index in [9.17, 15) is 10.1 Å². The Hall–Kier alpha value is -1.94. The molecule has 0 saturated heterocycles. The summed E-state index contributed by atoms with van der Waals surface area (Å²) in [4.78, 5) is 10.9. The van der Waals surface area contributed by atoms with Gasteiger partial charge in [-0.1, -0.05) is 64.1 Å². The summed E-state index contributed by atoms with van der Waals surface area (Å²) in [5.74, 6) is 0. The zero-order valence-electron chi connectivity index (χ0n) is 13.0. The second-order valence-electron chi connectivity index (χ2n) is 6.72. The minimum absolute atomic E-state index is 0.0847. The Morgan fingerprint density at radius 2 is 1.81 bits per heavy atom. The van der Waals surface area contributed by atoms with Gasteiger partial charge in [-0.3, -0.25) is 10.1 Å². The molecule has 112 valence electrons. The number of nitrogens with zero attached hydrogens (tertiary/aromatic N) is 1. The first-order valence-corrected chi connectivity index (χ1v) is 7.06. The summed E-state index contributed by atoms with van der Waals surface area (Å²) in [6, 6.07) is 9.42. The molecule has 0 amide bonds. The maximum Gasteiger partial charge on any atom is 0.263 e. The van der Waals surface area contributed by atoms with Gasteiger partial charge in [-0.2, -0.15) is 0 Å². The number of hydrogen-bond acceptors (Lipinski definition) is 3. The SMILES string of the molecule is CC(C)(C1=CC(C)(C)C(N)C([N+](=O)[O-])=C1)c1ccccc1. The minimum Gasteiger partial charge on any atom is -0.318 e. The molecule has 1 unspecified atom stereocenters. The third-order valence-electron chi connectivity index (χ3n) is 4.38. The summed E-state index contributed by atoms with van der Waals surface area (Å²) in [5.41, 5.74) is 7.44. The number of rotatable bonds is 3. The van der Waals surface area contributed by atoms with Crippen LogP contribution in [0, 0.1) is 15.5 Å². The molecule has 0 radical (unpaired) electrons. The second kappa shape index (κ2) is 5.11. The zero-order valence-corrected chi connectivity index (χ0v) is 13.0. The maximum atomic E-state index is 11.3. The largest absolute Gasteiger partial charge is 0.318 e. The molecule has 0 heterocycles. The summed E-state index contributed by atoms with van der Waals surface area (Å²) in [7, 11) is 0. The maximum absolute atomic E-state index is 11.3. The number of nitro groups is 1. The van der Waals surface area contributed by atoms with Crippen LogP contribution in [0.4, 0.5) is 0 Å². The summed E-state index contributed by atoms with van der Waals surface area (Å²) in [5, 5.41) is 11.3. The van der Waals surface area contributed by atoms with Gasteiger partial charge in [0.25, 0.3) is 5.70 Å².